The highest BCUT2D eigenvalue weighted by molar-refractivity contribution is 6.31. The molecule has 0 spiro atoms. The number of hydrogen-bond donors (Lipinski definition) is 2. The van der Waals surface area contributed by atoms with Crippen molar-refractivity contribution in [3.63, 3.8) is 0 Å². The molecule has 0 unspecified atom stereocenters. The summed E-state index contributed by atoms with van der Waals surface area (Å²) < 4.78 is 38.6. The fourth-order valence-electron chi connectivity index (χ4n) is 2.20. The van der Waals surface area contributed by atoms with Crippen LogP contribution in [0.3, 0.4) is 0 Å². The smallest absolute Gasteiger partial charge is 0.341 e. The highest BCUT2D eigenvalue weighted by Crippen LogP contribution is 2.36. The summed E-state index contributed by atoms with van der Waals surface area (Å²) in [6, 6.07) is 8.90. The minimum Gasteiger partial charge on any atom is -0.341 e. The average molecular weight is 385 g/mol. The molecule has 2 amide bonds. The molecule has 1 atom stereocenters. The van der Waals surface area contributed by atoms with Crippen LogP contribution in [0.5, 0.6) is 0 Å². The van der Waals surface area contributed by atoms with Gasteiger partial charge in [-0.05, 0) is 44.2 Å². The molecule has 2 rings (SSSR count). The third-order valence-corrected chi connectivity index (χ3v) is 3.89. The zero-order valence-corrected chi connectivity index (χ0v) is 14.7. The van der Waals surface area contributed by atoms with Crippen LogP contribution in [-0.2, 0) is 11.0 Å². The fourth-order valence-corrected chi connectivity index (χ4v) is 2.43. The van der Waals surface area contributed by atoms with E-state index in [1.54, 1.807) is 18.2 Å². The second-order valence-electron chi connectivity index (χ2n) is 5.75. The summed E-state index contributed by atoms with van der Waals surface area (Å²) in [5.74, 6) is -1.11. The second kappa shape index (κ2) is 7.78. The number of alkyl halides is 3. The summed E-state index contributed by atoms with van der Waals surface area (Å²) in [7, 11) is 0. The number of carbonyl (C=O) groups excluding carboxylic acids is 2. The van der Waals surface area contributed by atoms with Gasteiger partial charge in [0.2, 0.25) is 5.91 Å². The number of benzene rings is 2. The summed E-state index contributed by atoms with van der Waals surface area (Å²) in [6.07, 6.45) is -4.64. The predicted molar refractivity (Wildman–Crippen MR) is 93.2 cm³/mol. The molecule has 0 radical (unpaired) electrons. The van der Waals surface area contributed by atoms with Crippen LogP contribution in [0.25, 0.3) is 0 Å². The molecule has 0 aliphatic heterocycles. The van der Waals surface area contributed by atoms with Gasteiger partial charge in [-0.25, -0.2) is 0 Å². The van der Waals surface area contributed by atoms with Crippen LogP contribution in [0.4, 0.5) is 18.9 Å². The lowest BCUT2D eigenvalue weighted by molar-refractivity contribution is -0.137. The summed E-state index contributed by atoms with van der Waals surface area (Å²) in [4.78, 5) is 24.3. The third-order valence-electron chi connectivity index (χ3n) is 3.56. The quantitative estimate of drug-likeness (QED) is 0.819. The molecule has 2 aromatic rings. The molecule has 4 nitrogen and oxygen atoms in total. The van der Waals surface area contributed by atoms with Gasteiger partial charge in [-0.3, -0.25) is 9.59 Å². The van der Waals surface area contributed by atoms with Gasteiger partial charge in [-0.15, -0.1) is 0 Å². The van der Waals surface area contributed by atoms with Gasteiger partial charge in [-0.2, -0.15) is 13.2 Å². The Balaban J connectivity index is 2.06. The maximum Gasteiger partial charge on any atom is 0.417 e. The highest BCUT2D eigenvalue weighted by atomic mass is 35.5. The van der Waals surface area contributed by atoms with E-state index in [4.69, 9.17) is 11.6 Å². The van der Waals surface area contributed by atoms with Crippen molar-refractivity contribution in [1.82, 2.24) is 5.32 Å². The molecule has 2 aromatic carbocycles. The van der Waals surface area contributed by atoms with Gasteiger partial charge < -0.3 is 10.6 Å². The van der Waals surface area contributed by atoms with Gasteiger partial charge in [0.25, 0.3) is 5.91 Å². The summed E-state index contributed by atoms with van der Waals surface area (Å²) in [5.41, 5.74) is 0.155. The molecule has 138 valence electrons. The van der Waals surface area contributed by atoms with E-state index in [9.17, 15) is 22.8 Å². The molecule has 0 bridgehead atoms. The Morgan fingerprint density at radius 3 is 2.42 bits per heavy atom. The maximum absolute atomic E-state index is 12.9. The Labute approximate surface area is 153 Å². The SMILES string of the molecule is Cc1cccc(C(=O)N[C@@H](C)C(=O)Nc2ccc(Cl)c(C(F)(F)F)c2)c1. The number of rotatable bonds is 4. The van der Waals surface area contributed by atoms with Crippen molar-refractivity contribution in [2.75, 3.05) is 5.32 Å². The highest BCUT2D eigenvalue weighted by Gasteiger charge is 2.33. The molecular formula is C18H16ClF3N2O2. The summed E-state index contributed by atoms with van der Waals surface area (Å²) in [5, 5.41) is 4.38. The molecule has 0 heterocycles. The van der Waals surface area contributed by atoms with Crippen LogP contribution >= 0.6 is 11.6 Å². The topological polar surface area (TPSA) is 58.2 Å². The van der Waals surface area contributed by atoms with Gasteiger partial charge in [0.15, 0.2) is 0 Å². The van der Waals surface area contributed by atoms with E-state index < -0.39 is 34.6 Å². The number of carbonyl (C=O) groups is 2. The summed E-state index contributed by atoms with van der Waals surface area (Å²) in [6.45, 7) is 3.26. The van der Waals surface area contributed by atoms with E-state index in [0.717, 1.165) is 17.7 Å². The van der Waals surface area contributed by atoms with Gasteiger partial charge >= 0.3 is 6.18 Å². The molecule has 0 fully saturated rings. The number of amides is 2. The van der Waals surface area contributed by atoms with Crippen LogP contribution in [0.1, 0.15) is 28.4 Å². The van der Waals surface area contributed by atoms with Gasteiger partial charge in [-0.1, -0.05) is 29.3 Å². The Morgan fingerprint density at radius 1 is 1.12 bits per heavy atom. The Kier molecular flexibility index (Phi) is 5.92. The molecule has 0 saturated heterocycles. The zero-order chi connectivity index (χ0) is 19.5. The van der Waals surface area contributed by atoms with Crippen molar-refractivity contribution in [3.8, 4) is 0 Å². The zero-order valence-electron chi connectivity index (χ0n) is 13.9. The number of hydrogen-bond acceptors (Lipinski definition) is 2. The third kappa shape index (κ3) is 4.98. The van der Waals surface area contributed by atoms with Gasteiger partial charge in [0, 0.05) is 11.3 Å². The van der Waals surface area contributed by atoms with Crippen molar-refractivity contribution >= 4 is 29.1 Å². The van der Waals surface area contributed by atoms with Crippen molar-refractivity contribution in [2.45, 2.75) is 26.1 Å². The molecule has 26 heavy (non-hydrogen) atoms. The van der Waals surface area contributed by atoms with Gasteiger partial charge in [0.1, 0.15) is 6.04 Å². The molecule has 0 aromatic heterocycles. The first-order chi connectivity index (χ1) is 12.1. The molecule has 0 aliphatic rings. The van der Waals surface area contributed by atoms with E-state index in [0.29, 0.717) is 5.56 Å². The van der Waals surface area contributed by atoms with Crippen LogP contribution in [0.15, 0.2) is 42.5 Å². The number of nitrogens with one attached hydrogen (secondary N) is 2. The van der Waals surface area contributed by atoms with Crippen molar-refractivity contribution in [3.05, 3.63) is 64.2 Å². The Bertz CT molecular complexity index is 837. The molecule has 0 aliphatic carbocycles. The fraction of sp³-hybridized carbons (Fsp3) is 0.222. The minimum absolute atomic E-state index is 0.0663. The van der Waals surface area contributed by atoms with Crippen molar-refractivity contribution < 1.29 is 22.8 Å². The Hall–Kier alpha value is -2.54. The summed E-state index contributed by atoms with van der Waals surface area (Å²) >= 11 is 5.54. The minimum atomic E-state index is -4.64. The van der Waals surface area contributed by atoms with Crippen LogP contribution in [0.2, 0.25) is 5.02 Å². The molecular weight excluding hydrogens is 369 g/mol. The monoisotopic (exact) mass is 384 g/mol. The van der Waals surface area contributed by atoms with Crippen LogP contribution in [0, 0.1) is 6.92 Å². The van der Waals surface area contributed by atoms with Crippen LogP contribution in [-0.4, -0.2) is 17.9 Å². The molecule has 2 N–H and O–H groups in total. The second-order valence-corrected chi connectivity index (χ2v) is 6.15. The number of anilines is 1. The van der Waals surface area contributed by atoms with E-state index >= 15 is 0 Å². The predicted octanol–water partition coefficient (Wildman–Crippen LogP) is 4.42. The number of halogens is 4. The Morgan fingerprint density at radius 2 is 1.81 bits per heavy atom. The van der Waals surface area contributed by atoms with Crippen molar-refractivity contribution in [1.29, 1.82) is 0 Å². The molecule has 8 heteroatoms. The normalized spacial score (nSPS) is 12.4. The first-order valence-electron chi connectivity index (χ1n) is 7.63. The van der Waals surface area contributed by atoms with E-state index in [1.165, 1.54) is 13.0 Å². The van der Waals surface area contributed by atoms with E-state index in [-0.39, 0.29) is 5.69 Å². The van der Waals surface area contributed by atoms with E-state index in [1.807, 2.05) is 13.0 Å². The van der Waals surface area contributed by atoms with Crippen LogP contribution < -0.4 is 10.6 Å². The standard InChI is InChI=1S/C18H16ClF3N2O2/c1-10-4-3-5-12(8-10)17(26)23-11(2)16(25)24-13-6-7-15(19)14(9-13)18(20,21)22/h3-9,11H,1-2H3,(H,23,26)(H,24,25)/t11-/m0/s1. The molecule has 0 saturated carbocycles. The lowest BCUT2D eigenvalue weighted by atomic mass is 10.1. The lowest BCUT2D eigenvalue weighted by Gasteiger charge is -2.16. The van der Waals surface area contributed by atoms with E-state index in [2.05, 4.69) is 10.6 Å². The lowest BCUT2D eigenvalue weighted by Crippen LogP contribution is -2.41. The first kappa shape index (κ1) is 19.8. The van der Waals surface area contributed by atoms with Crippen molar-refractivity contribution in [2.24, 2.45) is 0 Å². The van der Waals surface area contributed by atoms with Gasteiger partial charge in [0.05, 0.1) is 10.6 Å². The largest absolute Gasteiger partial charge is 0.417 e. The first-order valence-corrected chi connectivity index (χ1v) is 8.01. The number of aryl methyl sites for hydroxylation is 1. The average Bonchev–Trinajstić information content (AvgIpc) is 2.55. The maximum atomic E-state index is 12.9.